The second-order valence-electron chi connectivity index (χ2n) is 5.25. The molecule has 0 aromatic carbocycles. The van der Waals surface area contributed by atoms with Gasteiger partial charge in [-0.05, 0) is 11.8 Å². The van der Waals surface area contributed by atoms with Crippen LogP contribution >= 0.6 is 0 Å². The van der Waals surface area contributed by atoms with Gasteiger partial charge in [0.1, 0.15) is 6.20 Å². The van der Waals surface area contributed by atoms with E-state index in [1.165, 1.54) is 6.20 Å². The first kappa shape index (κ1) is 12.5. The third kappa shape index (κ3) is 2.34. The number of nitrogens with one attached hydrogen (secondary N) is 1. The molecular weight excluding hydrogens is 234 g/mol. The highest BCUT2D eigenvalue weighted by molar-refractivity contribution is 5.59. The molecule has 1 aromatic rings. The molecule has 0 saturated carbocycles. The van der Waals surface area contributed by atoms with Crippen molar-refractivity contribution < 1.29 is 4.92 Å². The van der Waals surface area contributed by atoms with E-state index in [4.69, 9.17) is 0 Å². The van der Waals surface area contributed by atoms with Gasteiger partial charge in [0.15, 0.2) is 0 Å². The van der Waals surface area contributed by atoms with Crippen molar-refractivity contribution in [3.05, 3.63) is 16.3 Å². The molecule has 0 bridgehead atoms. The molecule has 0 spiro atoms. The Bertz CT molecular complexity index is 475. The molecule has 1 saturated heterocycles. The Morgan fingerprint density at radius 1 is 1.56 bits per heavy atom. The first-order valence-corrected chi connectivity index (χ1v) is 5.87. The molecule has 1 N–H and O–H groups in total. The third-order valence-electron chi connectivity index (χ3n) is 3.15. The van der Waals surface area contributed by atoms with Gasteiger partial charge in [-0.1, -0.05) is 13.8 Å². The number of anilines is 2. The van der Waals surface area contributed by atoms with Gasteiger partial charge in [-0.3, -0.25) is 10.1 Å². The molecular formula is C11H17N5O2. The fraction of sp³-hybridized carbons (Fsp3) is 0.636. The van der Waals surface area contributed by atoms with Crippen LogP contribution in [0.15, 0.2) is 6.20 Å². The fourth-order valence-corrected chi connectivity index (χ4v) is 2.14. The lowest BCUT2D eigenvalue weighted by atomic mass is 9.93. The van der Waals surface area contributed by atoms with Crippen molar-refractivity contribution in [2.45, 2.75) is 20.3 Å². The monoisotopic (exact) mass is 251 g/mol. The molecule has 0 aliphatic carbocycles. The van der Waals surface area contributed by atoms with E-state index in [-0.39, 0.29) is 11.1 Å². The summed E-state index contributed by atoms with van der Waals surface area (Å²) in [5.41, 5.74) is 0.130. The molecule has 1 fully saturated rings. The predicted molar refractivity (Wildman–Crippen MR) is 68.8 cm³/mol. The Balaban J connectivity index is 2.38. The maximum absolute atomic E-state index is 11.0. The number of aromatic nitrogens is 2. The maximum atomic E-state index is 11.0. The van der Waals surface area contributed by atoms with E-state index in [0.717, 1.165) is 19.5 Å². The van der Waals surface area contributed by atoms with E-state index in [9.17, 15) is 10.1 Å². The predicted octanol–water partition coefficient (Wildman–Crippen LogP) is 1.66. The molecule has 98 valence electrons. The SMILES string of the molecule is CNc1ncc([N+](=O)[O-])c(N2CCC(C)(C)C2)n1. The van der Waals surface area contributed by atoms with Crippen LogP contribution < -0.4 is 10.2 Å². The van der Waals surface area contributed by atoms with Crippen LogP contribution in [0.5, 0.6) is 0 Å². The zero-order valence-corrected chi connectivity index (χ0v) is 10.8. The second kappa shape index (κ2) is 4.40. The Labute approximate surface area is 105 Å². The summed E-state index contributed by atoms with van der Waals surface area (Å²) < 4.78 is 0. The minimum Gasteiger partial charge on any atom is -0.357 e. The van der Waals surface area contributed by atoms with Crippen molar-refractivity contribution in [3.63, 3.8) is 0 Å². The van der Waals surface area contributed by atoms with Crippen LogP contribution in [-0.4, -0.2) is 35.0 Å². The Hall–Kier alpha value is -1.92. The first-order chi connectivity index (χ1) is 8.43. The molecule has 0 amide bonds. The molecule has 1 aliphatic heterocycles. The van der Waals surface area contributed by atoms with E-state index in [1.54, 1.807) is 7.05 Å². The summed E-state index contributed by atoms with van der Waals surface area (Å²) >= 11 is 0. The molecule has 1 aliphatic rings. The molecule has 7 heteroatoms. The third-order valence-corrected chi connectivity index (χ3v) is 3.15. The Morgan fingerprint density at radius 3 is 2.78 bits per heavy atom. The molecule has 0 atom stereocenters. The lowest BCUT2D eigenvalue weighted by molar-refractivity contribution is -0.384. The van der Waals surface area contributed by atoms with Gasteiger partial charge in [0.2, 0.25) is 11.8 Å². The highest BCUT2D eigenvalue weighted by atomic mass is 16.6. The van der Waals surface area contributed by atoms with Gasteiger partial charge in [-0.15, -0.1) is 0 Å². The molecule has 1 aromatic heterocycles. The van der Waals surface area contributed by atoms with Crippen LogP contribution in [0.4, 0.5) is 17.5 Å². The van der Waals surface area contributed by atoms with E-state index < -0.39 is 4.92 Å². The second-order valence-corrected chi connectivity index (χ2v) is 5.25. The minimum absolute atomic E-state index is 0.0355. The summed E-state index contributed by atoms with van der Waals surface area (Å²) in [5, 5.41) is 13.8. The van der Waals surface area contributed by atoms with Crippen LogP contribution in [0.1, 0.15) is 20.3 Å². The molecule has 7 nitrogen and oxygen atoms in total. The van der Waals surface area contributed by atoms with Gasteiger partial charge >= 0.3 is 5.69 Å². The molecule has 0 unspecified atom stereocenters. The zero-order chi connectivity index (χ0) is 13.3. The summed E-state index contributed by atoms with van der Waals surface area (Å²) in [6, 6.07) is 0. The number of hydrogen-bond donors (Lipinski definition) is 1. The van der Waals surface area contributed by atoms with Crippen molar-refractivity contribution in [1.82, 2.24) is 9.97 Å². The van der Waals surface area contributed by atoms with Gasteiger partial charge < -0.3 is 10.2 Å². The molecule has 18 heavy (non-hydrogen) atoms. The van der Waals surface area contributed by atoms with Crippen molar-refractivity contribution in [1.29, 1.82) is 0 Å². The lowest BCUT2D eigenvalue weighted by Gasteiger charge is -2.20. The number of nitro groups is 1. The summed E-state index contributed by atoms with van der Waals surface area (Å²) in [6.45, 7) is 5.86. The smallest absolute Gasteiger partial charge is 0.329 e. The van der Waals surface area contributed by atoms with Crippen molar-refractivity contribution in [2.75, 3.05) is 30.4 Å². The van der Waals surface area contributed by atoms with Crippen LogP contribution in [0, 0.1) is 15.5 Å². The normalized spacial score (nSPS) is 17.8. The van der Waals surface area contributed by atoms with Gasteiger partial charge in [0.05, 0.1) is 4.92 Å². The first-order valence-electron chi connectivity index (χ1n) is 5.87. The van der Waals surface area contributed by atoms with E-state index in [1.807, 2.05) is 4.90 Å². The summed E-state index contributed by atoms with van der Waals surface area (Å²) in [7, 11) is 1.69. The van der Waals surface area contributed by atoms with Crippen molar-refractivity contribution in [2.24, 2.45) is 5.41 Å². The molecule has 0 radical (unpaired) electrons. The van der Waals surface area contributed by atoms with Gasteiger partial charge in [0.25, 0.3) is 0 Å². The van der Waals surface area contributed by atoms with Crippen LogP contribution in [0.2, 0.25) is 0 Å². The number of hydrogen-bond acceptors (Lipinski definition) is 6. The van der Waals surface area contributed by atoms with Crippen molar-refractivity contribution in [3.8, 4) is 0 Å². The van der Waals surface area contributed by atoms with E-state index in [0.29, 0.717) is 11.8 Å². The van der Waals surface area contributed by atoms with Crippen LogP contribution in [0.25, 0.3) is 0 Å². The fourth-order valence-electron chi connectivity index (χ4n) is 2.14. The lowest BCUT2D eigenvalue weighted by Crippen LogP contribution is -2.25. The quantitative estimate of drug-likeness (QED) is 0.649. The van der Waals surface area contributed by atoms with Crippen molar-refractivity contribution >= 4 is 17.5 Å². The van der Waals surface area contributed by atoms with Crippen LogP contribution in [0.3, 0.4) is 0 Å². The maximum Gasteiger partial charge on any atom is 0.329 e. The summed E-state index contributed by atoms with van der Waals surface area (Å²) in [5.74, 6) is 0.810. The van der Waals surface area contributed by atoms with Gasteiger partial charge in [-0.25, -0.2) is 4.98 Å². The molecule has 2 heterocycles. The minimum atomic E-state index is -0.430. The molecule has 2 rings (SSSR count). The van der Waals surface area contributed by atoms with E-state index in [2.05, 4.69) is 29.1 Å². The number of nitrogens with zero attached hydrogens (tertiary/aromatic N) is 4. The van der Waals surface area contributed by atoms with Gasteiger partial charge in [-0.2, -0.15) is 4.98 Å². The highest BCUT2D eigenvalue weighted by Crippen LogP contribution is 2.35. The Morgan fingerprint density at radius 2 is 2.28 bits per heavy atom. The Kier molecular flexibility index (Phi) is 3.06. The van der Waals surface area contributed by atoms with Crippen LogP contribution in [-0.2, 0) is 0 Å². The summed E-state index contributed by atoms with van der Waals surface area (Å²) in [6.07, 6.45) is 2.27. The largest absolute Gasteiger partial charge is 0.357 e. The average molecular weight is 251 g/mol. The van der Waals surface area contributed by atoms with Gasteiger partial charge in [0, 0.05) is 20.1 Å². The standard InChI is InChI=1S/C11H17N5O2/c1-11(2)4-5-15(7-11)9-8(16(17)18)6-13-10(12-3)14-9/h6H,4-5,7H2,1-3H3,(H,12,13,14). The summed E-state index contributed by atoms with van der Waals surface area (Å²) in [4.78, 5) is 20.7. The average Bonchev–Trinajstić information content (AvgIpc) is 2.68. The number of rotatable bonds is 3. The zero-order valence-electron chi connectivity index (χ0n) is 10.8. The topological polar surface area (TPSA) is 84.2 Å². The van der Waals surface area contributed by atoms with E-state index >= 15 is 0 Å². The highest BCUT2D eigenvalue weighted by Gasteiger charge is 2.33.